The van der Waals surface area contributed by atoms with Gasteiger partial charge in [-0.1, -0.05) is 38.1 Å². The van der Waals surface area contributed by atoms with E-state index in [1.807, 2.05) is 0 Å². The molecule has 1 saturated heterocycles. The fraction of sp³-hybridized carbons (Fsp3) is 0.577. The van der Waals surface area contributed by atoms with E-state index in [0.717, 1.165) is 58.5 Å². The van der Waals surface area contributed by atoms with Crippen molar-refractivity contribution in [3.8, 4) is 0 Å². The lowest BCUT2D eigenvalue weighted by atomic mass is 9.90. The van der Waals surface area contributed by atoms with Crippen LogP contribution in [0.25, 0.3) is 0 Å². The first-order valence-electron chi connectivity index (χ1n) is 12.0. The van der Waals surface area contributed by atoms with Gasteiger partial charge in [-0.05, 0) is 63.2 Å². The highest BCUT2D eigenvalue weighted by atomic mass is 16.1. The van der Waals surface area contributed by atoms with Crippen LogP contribution in [0.3, 0.4) is 0 Å². The molecule has 1 aliphatic carbocycles. The molecular formula is C26H40N4O. The van der Waals surface area contributed by atoms with Crippen LogP contribution in [0, 0.1) is 5.92 Å². The van der Waals surface area contributed by atoms with Crippen LogP contribution in [0.2, 0.25) is 0 Å². The lowest BCUT2D eigenvalue weighted by molar-refractivity contribution is -0.109. The number of piperazine rings is 1. The topological polar surface area (TPSA) is 38.8 Å². The molecule has 1 atom stereocenters. The van der Waals surface area contributed by atoms with Crippen LogP contribution in [-0.4, -0.2) is 73.6 Å². The van der Waals surface area contributed by atoms with Gasteiger partial charge >= 0.3 is 0 Å². The highest BCUT2D eigenvalue weighted by Gasteiger charge is 2.42. The van der Waals surface area contributed by atoms with Gasteiger partial charge in [0, 0.05) is 44.5 Å². The van der Waals surface area contributed by atoms with E-state index in [1.165, 1.54) is 11.3 Å². The van der Waals surface area contributed by atoms with Crippen LogP contribution in [-0.2, 0) is 11.2 Å². The number of carbonyl (C=O) groups excluding carboxylic acids is 1. The maximum atomic E-state index is 11.3. The van der Waals surface area contributed by atoms with Crippen LogP contribution >= 0.6 is 0 Å². The van der Waals surface area contributed by atoms with Crippen molar-refractivity contribution in [2.45, 2.75) is 45.8 Å². The molecule has 0 saturated carbocycles. The minimum absolute atomic E-state index is 0.113. The Labute approximate surface area is 188 Å². The first kappa shape index (κ1) is 23.7. The monoisotopic (exact) mass is 424 g/mol. The third-order valence-electron chi connectivity index (χ3n) is 6.90. The number of carbonyl (C=O) groups is 1. The summed E-state index contributed by atoms with van der Waals surface area (Å²) in [6, 6.07) is 9.49. The molecule has 1 aromatic carbocycles. The molecule has 1 aromatic rings. The molecule has 31 heavy (non-hydrogen) atoms. The Hall–Kier alpha value is -1.95. The normalized spacial score (nSPS) is 26.4. The van der Waals surface area contributed by atoms with Crippen molar-refractivity contribution >= 4 is 12.0 Å². The summed E-state index contributed by atoms with van der Waals surface area (Å²) >= 11 is 0. The molecule has 1 N–H and O–H groups in total. The summed E-state index contributed by atoms with van der Waals surface area (Å²) in [6.45, 7) is 15.8. The van der Waals surface area contributed by atoms with Gasteiger partial charge in [0.25, 0.3) is 0 Å². The quantitative estimate of drug-likeness (QED) is 0.461. The van der Waals surface area contributed by atoms with E-state index >= 15 is 0 Å². The number of nitrogens with one attached hydrogen (secondary N) is 1. The summed E-state index contributed by atoms with van der Waals surface area (Å²) in [5, 5.41) is 3.61. The smallest absolute Gasteiger partial charge is 0.130 e. The molecule has 5 nitrogen and oxygen atoms in total. The average Bonchev–Trinajstić information content (AvgIpc) is 2.82. The Morgan fingerprint density at radius 2 is 1.68 bits per heavy atom. The SMILES string of the molecule is CCN(CC)c1ccc(CC2CNCCN2C2(N(CC)CC)C=CC(C=O)C=C2)cc1. The highest BCUT2D eigenvalue weighted by molar-refractivity contribution is 5.61. The Morgan fingerprint density at radius 1 is 1.03 bits per heavy atom. The molecule has 1 fully saturated rings. The summed E-state index contributed by atoms with van der Waals surface area (Å²) in [4.78, 5) is 18.9. The Balaban J connectivity index is 1.86. The summed E-state index contributed by atoms with van der Waals surface area (Å²) in [6.07, 6.45) is 10.7. The molecule has 0 bridgehead atoms. The van der Waals surface area contributed by atoms with E-state index in [1.54, 1.807) is 0 Å². The Kier molecular flexibility index (Phi) is 8.47. The van der Waals surface area contributed by atoms with Gasteiger partial charge in [0.1, 0.15) is 11.9 Å². The number of allylic oxidation sites excluding steroid dienone is 2. The van der Waals surface area contributed by atoms with E-state index in [-0.39, 0.29) is 11.6 Å². The van der Waals surface area contributed by atoms with Gasteiger partial charge in [-0.2, -0.15) is 0 Å². The van der Waals surface area contributed by atoms with Gasteiger partial charge < -0.3 is 15.0 Å². The van der Waals surface area contributed by atoms with Gasteiger partial charge in [0.2, 0.25) is 0 Å². The van der Waals surface area contributed by atoms with Crippen molar-refractivity contribution in [2.75, 3.05) is 50.7 Å². The second kappa shape index (κ2) is 11.1. The maximum absolute atomic E-state index is 11.3. The molecule has 0 radical (unpaired) electrons. The van der Waals surface area contributed by atoms with Crippen LogP contribution in [0.4, 0.5) is 5.69 Å². The van der Waals surface area contributed by atoms with E-state index in [9.17, 15) is 4.79 Å². The number of nitrogens with zero attached hydrogens (tertiary/aromatic N) is 3. The number of benzene rings is 1. The van der Waals surface area contributed by atoms with Gasteiger partial charge in [-0.3, -0.25) is 9.80 Å². The lowest BCUT2D eigenvalue weighted by Crippen LogP contribution is -2.67. The largest absolute Gasteiger partial charge is 0.372 e. The van der Waals surface area contributed by atoms with Crippen LogP contribution in [0.1, 0.15) is 33.3 Å². The third kappa shape index (κ3) is 5.11. The Morgan fingerprint density at radius 3 is 2.23 bits per heavy atom. The van der Waals surface area contributed by atoms with Crippen LogP contribution < -0.4 is 10.2 Å². The third-order valence-corrected chi connectivity index (χ3v) is 6.90. The number of hydrogen-bond donors (Lipinski definition) is 1. The predicted molar refractivity (Wildman–Crippen MR) is 131 cm³/mol. The lowest BCUT2D eigenvalue weighted by Gasteiger charge is -2.53. The summed E-state index contributed by atoms with van der Waals surface area (Å²) in [5.41, 5.74) is 2.40. The van der Waals surface area contributed by atoms with E-state index in [0.29, 0.717) is 6.04 Å². The molecule has 3 rings (SSSR count). The average molecular weight is 425 g/mol. The highest BCUT2D eigenvalue weighted by Crippen LogP contribution is 2.32. The number of aldehydes is 1. The minimum atomic E-state index is -0.267. The van der Waals surface area contributed by atoms with Crippen molar-refractivity contribution in [1.29, 1.82) is 0 Å². The molecule has 2 aliphatic rings. The molecule has 170 valence electrons. The minimum Gasteiger partial charge on any atom is -0.372 e. The standard InChI is InChI=1S/C26H40N4O/c1-5-28(6-2)24-11-9-22(10-12-24)19-25-20-27-17-18-30(25)26(29(7-3)8-4)15-13-23(21-31)14-16-26/h9-16,21,23,25,27H,5-8,17-20H2,1-4H3. The van der Waals surface area contributed by atoms with Crippen molar-refractivity contribution in [3.05, 3.63) is 54.1 Å². The summed E-state index contributed by atoms with van der Waals surface area (Å²) < 4.78 is 0. The molecule has 1 heterocycles. The number of rotatable bonds is 10. The van der Waals surface area contributed by atoms with Gasteiger partial charge in [-0.15, -0.1) is 0 Å². The molecule has 0 spiro atoms. The second-order valence-electron chi connectivity index (χ2n) is 8.48. The van der Waals surface area contributed by atoms with Gasteiger partial charge in [-0.25, -0.2) is 0 Å². The van der Waals surface area contributed by atoms with Gasteiger partial charge in [0.15, 0.2) is 0 Å². The molecule has 1 aliphatic heterocycles. The first-order valence-corrected chi connectivity index (χ1v) is 12.0. The maximum Gasteiger partial charge on any atom is 0.130 e. The van der Waals surface area contributed by atoms with Gasteiger partial charge in [0.05, 0.1) is 5.92 Å². The predicted octanol–water partition coefficient (Wildman–Crippen LogP) is 3.33. The summed E-state index contributed by atoms with van der Waals surface area (Å²) in [5.74, 6) is -0.113. The molecule has 5 heteroatoms. The van der Waals surface area contributed by atoms with Crippen molar-refractivity contribution < 1.29 is 4.79 Å². The molecule has 0 amide bonds. The van der Waals surface area contributed by atoms with E-state index < -0.39 is 0 Å². The zero-order valence-electron chi connectivity index (χ0n) is 19.8. The van der Waals surface area contributed by atoms with Crippen molar-refractivity contribution in [1.82, 2.24) is 15.1 Å². The number of anilines is 1. The second-order valence-corrected chi connectivity index (χ2v) is 8.48. The zero-order chi connectivity index (χ0) is 22.3. The van der Waals surface area contributed by atoms with Crippen LogP contribution in [0.5, 0.6) is 0 Å². The molecular weight excluding hydrogens is 384 g/mol. The molecule has 0 aromatic heterocycles. The van der Waals surface area contributed by atoms with Crippen LogP contribution in [0.15, 0.2) is 48.6 Å². The molecule has 1 unspecified atom stereocenters. The van der Waals surface area contributed by atoms with E-state index in [2.05, 4.69) is 96.3 Å². The zero-order valence-corrected chi connectivity index (χ0v) is 19.8. The first-order chi connectivity index (χ1) is 15.1. The number of likely N-dealkylation sites (N-methyl/N-ethyl adjacent to an activating group) is 1. The van der Waals surface area contributed by atoms with Crippen molar-refractivity contribution in [3.63, 3.8) is 0 Å². The summed E-state index contributed by atoms with van der Waals surface area (Å²) in [7, 11) is 0. The fourth-order valence-corrected chi connectivity index (χ4v) is 5.15. The van der Waals surface area contributed by atoms with E-state index in [4.69, 9.17) is 0 Å². The Bertz CT molecular complexity index is 735. The fourth-order valence-electron chi connectivity index (χ4n) is 5.15. The van der Waals surface area contributed by atoms with Crippen molar-refractivity contribution in [2.24, 2.45) is 5.92 Å². The number of hydrogen-bond acceptors (Lipinski definition) is 5.